The average molecular weight is 237 g/mol. The van der Waals surface area contributed by atoms with Crippen LogP contribution in [0.15, 0.2) is 30.5 Å². The third kappa shape index (κ3) is 2.40. The highest BCUT2D eigenvalue weighted by atomic mass is 35.5. The molecule has 5 heteroatoms. The number of halogens is 1. The Labute approximate surface area is 99.0 Å². The number of benzene rings is 1. The van der Waals surface area contributed by atoms with E-state index in [1.807, 2.05) is 28.9 Å². The maximum atomic E-state index is 6.08. The van der Waals surface area contributed by atoms with Gasteiger partial charge in [0.15, 0.2) is 0 Å². The van der Waals surface area contributed by atoms with Crippen molar-refractivity contribution in [3.63, 3.8) is 0 Å². The van der Waals surface area contributed by atoms with Gasteiger partial charge in [-0.15, -0.1) is 5.10 Å². The molecule has 4 nitrogen and oxygen atoms in total. The van der Waals surface area contributed by atoms with E-state index < -0.39 is 0 Å². The summed E-state index contributed by atoms with van der Waals surface area (Å²) in [6, 6.07) is 7.72. The van der Waals surface area contributed by atoms with Crippen molar-refractivity contribution in [3.8, 4) is 0 Å². The predicted molar refractivity (Wildman–Crippen MR) is 63.3 cm³/mol. The first-order valence-electron chi connectivity index (χ1n) is 5.12. The molecule has 0 spiro atoms. The van der Waals surface area contributed by atoms with Crippen LogP contribution in [0.3, 0.4) is 0 Å². The van der Waals surface area contributed by atoms with Crippen LogP contribution in [0.4, 0.5) is 0 Å². The van der Waals surface area contributed by atoms with Crippen molar-refractivity contribution in [2.24, 2.45) is 5.73 Å². The first-order valence-corrected chi connectivity index (χ1v) is 5.50. The molecule has 0 saturated heterocycles. The van der Waals surface area contributed by atoms with Crippen LogP contribution in [-0.4, -0.2) is 21.5 Å². The van der Waals surface area contributed by atoms with Crippen molar-refractivity contribution >= 4 is 11.6 Å². The van der Waals surface area contributed by atoms with E-state index in [2.05, 4.69) is 10.3 Å². The Kier molecular flexibility index (Phi) is 3.54. The van der Waals surface area contributed by atoms with Gasteiger partial charge in [0.25, 0.3) is 0 Å². The highest BCUT2D eigenvalue weighted by Crippen LogP contribution is 2.16. The van der Waals surface area contributed by atoms with Crippen LogP contribution in [0, 0.1) is 0 Å². The minimum atomic E-state index is 0.593. The largest absolute Gasteiger partial charge is 0.330 e. The van der Waals surface area contributed by atoms with E-state index in [0.29, 0.717) is 13.1 Å². The number of nitrogens with zero attached hydrogens (tertiary/aromatic N) is 3. The summed E-state index contributed by atoms with van der Waals surface area (Å²) in [5.41, 5.74) is 7.58. The van der Waals surface area contributed by atoms with Gasteiger partial charge in [0, 0.05) is 11.4 Å². The van der Waals surface area contributed by atoms with Gasteiger partial charge < -0.3 is 5.73 Å². The van der Waals surface area contributed by atoms with Gasteiger partial charge in [0.2, 0.25) is 0 Å². The number of rotatable bonds is 4. The highest BCUT2D eigenvalue weighted by molar-refractivity contribution is 6.31. The summed E-state index contributed by atoms with van der Waals surface area (Å²) in [6.07, 6.45) is 2.52. The SMILES string of the molecule is NCCc1cnnn1Cc1ccccc1Cl. The molecule has 2 aromatic rings. The normalized spacial score (nSPS) is 10.6. The molecule has 1 aromatic heterocycles. The average Bonchev–Trinajstić information content (AvgIpc) is 2.70. The second-order valence-corrected chi connectivity index (χ2v) is 3.92. The van der Waals surface area contributed by atoms with Gasteiger partial charge >= 0.3 is 0 Å². The van der Waals surface area contributed by atoms with Gasteiger partial charge in [0.1, 0.15) is 0 Å². The van der Waals surface area contributed by atoms with Crippen molar-refractivity contribution in [1.29, 1.82) is 0 Å². The summed E-state index contributed by atoms with van der Waals surface area (Å²) in [5.74, 6) is 0. The fourth-order valence-electron chi connectivity index (χ4n) is 1.54. The first kappa shape index (κ1) is 11.1. The van der Waals surface area contributed by atoms with Gasteiger partial charge in [-0.3, -0.25) is 0 Å². The molecule has 0 atom stereocenters. The lowest BCUT2D eigenvalue weighted by molar-refractivity contribution is 0.617. The number of hydrogen-bond donors (Lipinski definition) is 1. The predicted octanol–water partition coefficient (Wildman–Crippen LogP) is 1.48. The van der Waals surface area contributed by atoms with E-state index in [4.69, 9.17) is 17.3 Å². The minimum absolute atomic E-state index is 0.593. The molecule has 0 aliphatic carbocycles. The lowest BCUT2D eigenvalue weighted by Gasteiger charge is -2.06. The van der Waals surface area contributed by atoms with Crippen LogP contribution < -0.4 is 5.73 Å². The third-order valence-electron chi connectivity index (χ3n) is 2.38. The topological polar surface area (TPSA) is 56.7 Å². The highest BCUT2D eigenvalue weighted by Gasteiger charge is 2.05. The first-order chi connectivity index (χ1) is 7.81. The van der Waals surface area contributed by atoms with Gasteiger partial charge in [-0.25, -0.2) is 4.68 Å². The molecule has 0 saturated carbocycles. The van der Waals surface area contributed by atoms with Crippen molar-refractivity contribution in [3.05, 3.63) is 46.7 Å². The summed E-state index contributed by atoms with van der Waals surface area (Å²) in [4.78, 5) is 0. The molecule has 2 rings (SSSR count). The molecular weight excluding hydrogens is 224 g/mol. The molecule has 0 fully saturated rings. The second kappa shape index (κ2) is 5.09. The van der Waals surface area contributed by atoms with Gasteiger partial charge in [0.05, 0.1) is 18.4 Å². The lowest BCUT2D eigenvalue weighted by atomic mass is 10.2. The fourth-order valence-corrected chi connectivity index (χ4v) is 1.74. The summed E-state index contributed by atoms with van der Waals surface area (Å²) in [7, 11) is 0. The van der Waals surface area contributed by atoms with Gasteiger partial charge in [-0.2, -0.15) is 0 Å². The zero-order valence-corrected chi connectivity index (χ0v) is 9.56. The van der Waals surface area contributed by atoms with Crippen molar-refractivity contribution in [2.75, 3.05) is 6.54 Å². The zero-order chi connectivity index (χ0) is 11.4. The number of aromatic nitrogens is 3. The molecule has 1 heterocycles. The molecule has 0 aliphatic rings. The smallest absolute Gasteiger partial charge is 0.0725 e. The van der Waals surface area contributed by atoms with Crippen LogP contribution in [-0.2, 0) is 13.0 Å². The Bertz CT molecular complexity index is 467. The van der Waals surface area contributed by atoms with E-state index in [1.54, 1.807) is 6.20 Å². The number of hydrogen-bond acceptors (Lipinski definition) is 3. The Morgan fingerprint density at radius 3 is 2.88 bits per heavy atom. The molecular formula is C11H13ClN4. The van der Waals surface area contributed by atoms with Crippen molar-refractivity contribution in [2.45, 2.75) is 13.0 Å². The van der Waals surface area contributed by atoms with Gasteiger partial charge in [-0.05, 0) is 18.2 Å². The Morgan fingerprint density at radius 2 is 2.12 bits per heavy atom. The second-order valence-electron chi connectivity index (χ2n) is 3.51. The standard InChI is InChI=1S/C11H13ClN4/c12-11-4-2-1-3-9(11)8-16-10(5-6-13)7-14-15-16/h1-4,7H,5-6,8,13H2. The number of nitrogens with two attached hydrogens (primary N) is 1. The molecule has 0 amide bonds. The summed E-state index contributed by atoms with van der Waals surface area (Å²) < 4.78 is 1.83. The Morgan fingerprint density at radius 1 is 1.31 bits per heavy atom. The molecule has 0 bridgehead atoms. The van der Waals surface area contributed by atoms with Crippen molar-refractivity contribution < 1.29 is 0 Å². The van der Waals surface area contributed by atoms with Crippen LogP contribution >= 0.6 is 11.6 Å². The summed E-state index contributed by atoms with van der Waals surface area (Å²) in [5, 5.41) is 8.65. The molecule has 0 unspecified atom stereocenters. The maximum Gasteiger partial charge on any atom is 0.0725 e. The van der Waals surface area contributed by atoms with E-state index in [0.717, 1.165) is 22.7 Å². The van der Waals surface area contributed by atoms with E-state index in [1.165, 1.54) is 0 Å². The van der Waals surface area contributed by atoms with Gasteiger partial charge in [-0.1, -0.05) is 35.0 Å². The molecule has 0 aliphatic heterocycles. The molecule has 2 N–H and O–H groups in total. The van der Waals surface area contributed by atoms with Crippen LogP contribution in [0.2, 0.25) is 5.02 Å². The molecule has 84 valence electrons. The van der Waals surface area contributed by atoms with Crippen LogP contribution in [0.25, 0.3) is 0 Å². The minimum Gasteiger partial charge on any atom is -0.330 e. The molecule has 0 radical (unpaired) electrons. The quantitative estimate of drug-likeness (QED) is 0.875. The lowest BCUT2D eigenvalue weighted by Crippen LogP contribution is -2.11. The molecule has 16 heavy (non-hydrogen) atoms. The monoisotopic (exact) mass is 236 g/mol. The van der Waals surface area contributed by atoms with Crippen LogP contribution in [0.1, 0.15) is 11.3 Å². The Hall–Kier alpha value is -1.39. The van der Waals surface area contributed by atoms with E-state index in [-0.39, 0.29) is 0 Å². The van der Waals surface area contributed by atoms with Crippen molar-refractivity contribution in [1.82, 2.24) is 15.0 Å². The zero-order valence-electron chi connectivity index (χ0n) is 8.81. The summed E-state index contributed by atoms with van der Waals surface area (Å²) in [6.45, 7) is 1.23. The maximum absolute atomic E-state index is 6.08. The summed E-state index contributed by atoms with van der Waals surface area (Å²) >= 11 is 6.08. The van der Waals surface area contributed by atoms with E-state index in [9.17, 15) is 0 Å². The Balaban J connectivity index is 2.20. The third-order valence-corrected chi connectivity index (χ3v) is 2.75. The molecule has 1 aromatic carbocycles. The fraction of sp³-hybridized carbons (Fsp3) is 0.273. The van der Waals surface area contributed by atoms with Crippen LogP contribution in [0.5, 0.6) is 0 Å². The van der Waals surface area contributed by atoms with E-state index >= 15 is 0 Å².